The Morgan fingerprint density at radius 2 is 2.17 bits per heavy atom. The summed E-state index contributed by atoms with van der Waals surface area (Å²) in [4.78, 5) is 11.7. The van der Waals surface area contributed by atoms with Crippen molar-refractivity contribution in [3.63, 3.8) is 0 Å². The number of rotatable bonds is 6. The summed E-state index contributed by atoms with van der Waals surface area (Å²) in [7, 11) is 0. The molecule has 1 aromatic carbocycles. The van der Waals surface area contributed by atoms with Crippen LogP contribution in [0.2, 0.25) is 0 Å². The van der Waals surface area contributed by atoms with Crippen LogP contribution < -0.4 is 11.1 Å². The van der Waals surface area contributed by atoms with Gasteiger partial charge in [0.2, 0.25) is 0 Å². The molecule has 18 heavy (non-hydrogen) atoms. The Hall–Kier alpha value is -1.49. The van der Waals surface area contributed by atoms with Crippen LogP contribution in [0.3, 0.4) is 0 Å². The molecule has 100 valence electrons. The van der Waals surface area contributed by atoms with E-state index in [-0.39, 0.29) is 11.5 Å². The number of halogens is 2. The monoisotopic (exact) mass is 256 g/mol. The van der Waals surface area contributed by atoms with Crippen molar-refractivity contribution in [2.24, 2.45) is 11.7 Å². The Balaban J connectivity index is 2.62. The topological polar surface area (TPSA) is 55.1 Å². The van der Waals surface area contributed by atoms with E-state index in [4.69, 9.17) is 5.73 Å². The van der Waals surface area contributed by atoms with Gasteiger partial charge in [0.15, 0.2) is 0 Å². The number of benzene rings is 1. The number of hydrogen-bond acceptors (Lipinski definition) is 2. The first kappa shape index (κ1) is 14.6. The number of nitrogens with two attached hydrogens (primary N) is 1. The maximum Gasteiger partial charge on any atom is 0.254 e. The molecule has 0 aliphatic carbocycles. The quantitative estimate of drug-likeness (QED) is 0.818. The highest BCUT2D eigenvalue weighted by Crippen LogP contribution is 2.10. The maximum atomic E-state index is 13.3. The van der Waals surface area contributed by atoms with E-state index >= 15 is 0 Å². The highest BCUT2D eigenvalue weighted by atomic mass is 19.1. The average molecular weight is 256 g/mol. The van der Waals surface area contributed by atoms with Crippen molar-refractivity contribution in [2.75, 3.05) is 13.1 Å². The lowest BCUT2D eigenvalue weighted by molar-refractivity contribution is 0.0941. The van der Waals surface area contributed by atoms with Crippen molar-refractivity contribution in [3.05, 3.63) is 35.4 Å². The van der Waals surface area contributed by atoms with Crippen molar-refractivity contribution in [1.29, 1.82) is 0 Å². The number of nitrogens with one attached hydrogen (secondary N) is 1. The van der Waals surface area contributed by atoms with Gasteiger partial charge in [-0.1, -0.05) is 13.3 Å². The fraction of sp³-hybridized carbons (Fsp3) is 0.462. The Bertz CT molecular complexity index is 410. The van der Waals surface area contributed by atoms with E-state index in [0.29, 0.717) is 13.1 Å². The molecule has 0 spiro atoms. The van der Waals surface area contributed by atoms with Crippen LogP contribution in [-0.4, -0.2) is 19.0 Å². The minimum absolute atomic E-state index is 0.260. The zero-order valence-electron chi connectivity index (χ0n) is 10.4. The zero-order valence-corrected chi connectivity index (χ0v) is 10.4. The van der Waals surface area contributed by atoms with Gasteiger partial charge in [-0.3, -0.25) is 4.79 Å². The van der Waals surface area contributed by atoms with Gasteiger partial charge in [-0.2, -0.15) is 0 Å². The Morgan fingerprint density at radius 1 is 1.44 bits per heavy atom. The summed E-state index contributed by atoms with van der Waals surface area (Å²) >= 11 is 0. The number of hydrogen-bond donors (Lipinski definition) is 2. The van der Waals surface area contributed by atoms with Crippen molar-refractivity contribution in [1.82, 2.24) is 5.32 Å². The molecule has 0 aliphatic heterocycles. The molecule has 1 atom stereocenters. The van der Waals surface area contributed by atoms with Crippen LogP contribution in [-0.2, 0) is 0 Å². The van der Waals surface area contributed by atoms with Crippen LogP contribution in [0.4, 0.5) is 8.78 Å². The summed E-state index contributed by atoms with van der Waals surface area (Å²) in [6.07, 6.45) is 1.67. The summed E-state index contributed by atoms with van der Waals surface area (Å²) in [5.74, 6) is -1.69. The molecular formula is C13H18F2N2O. The van der Waals surface area contributed by atoms with Gasteiger partial charge in [-0.25, -0.2) is 8.78 Å². The van der Waals surface area contributed by atoms with Gasteiger partial charge in [0.25, 0.3) is 5.91 Å². The van der Waals surface area contributed by atoms with Gasteiger partial charge >= 0.3 is 0 Å². The lowest BCUT2D eigenvalue weighted by Gasteiger charge is -2.14. The van der Waals surface area contributed by atoms with Crippen LogP contribution in [0.15, 0.2) is 18.2 Å². The molecule has 0 bridgehead atoms. The smallest absolute Gasteiger partial charge is 0.254 e. The summed E-state index contributed by atoms with van der Waals surface area (Å²) in [6, 6.07) is 2.82. The van der Waals surface area contributed by atoms with Gasteiger partial charge in [-0.05, 0) is 37.1 Å². The molecule has 5 heteroatoms. The second kappa shape index (κ2) is 7.06. The van der Waals surface area contributed by atoms with Crippen LogP contribution >= 0.6 is 0 Å². The second-order valence-electron chi connectivity index (χ2n) is 4.19. The van der Waals surface area contributed by atoms with E-state index in [9.17, 15) is 13.6 Å². The van der Waals surface area contributed by atoms with Crippen molar-refractivity contribution < 1.29 is 13.6 Å². The molecule has 1 amide bonds. The highest BCUT2D eigenvalue weighted by molar-refractivity contribution is 5.94. The van der Waals surface area contributed by atoms with E-state index in [0.717, 1.165) is 31.0 Å². The largest absolute Gasteiger partial charge is 0.352 e. The lowest BCUT2D eigenvalue weighted by Crippen LogP contribution is -2.30. The van der Waals surface area contributed by atoms with Gasteiger partial charge in [0, 0.05) is 6.54 Å². The van der Waals surface area contributed by atoms with E-state index in [1.54, 1.807) is 0 Å². The molecule has 3 nitrogen and oxygen atoms in total. The molecule has 0 heterocycles. The third kappa shape index (κ3) is 4.07. The fourth-order valence-corrected chi connectivity index (χ4v) is 1.69. The SMILES string of the molecule is CCC(CCN)CNC(=O)c1cc(F)ccc1F. The van der Waals surface area contributed by atoms with Crippen molar-refractivity contribution in [2.45, 2.75) is 19.8 Å². The standard InChI is InChI=1S/C13H18F2N2O/c1-2-9(5-6-16)8-17-13(18)11-7-10(14)3-4-12(11)15/h3-4,7,9H,2,5-6,8,16H2,1H3,(H,17,18). The van der Waals surface area contributed by atoms with Crippen LogP contribution in [0.25, 0.3) is 0 Å². The summed E-state index contributed by atoms with van der Waals surface area (Å²) in [5.41, 5.74) is 5.18. The predicted octanol–water partition coefficient (Wildman–Crippen LogP) is 2.07. The average Bonchev–Trinajstić information content (AvgIpc) is 2.37. The predicted molar refractivity (Wildman–Crippen MR) is 66.1 cm³/mol. The summed E-state index contributed by atoms with van der Waals surface area (Å²) in [5, 5.41) is 2.60. The summed E-state index contributed by atoms with van der Waals surface area (Å²) < 4.78 is 26.3. The van der Waals surface area contributed by atoms with Crippen molar-refractivity contribution >= 4 is 5.91 Å². The summed E-state index contributed by atoms with van der Waals surface area (Å²) in [6.45, 7) is 2.96. The molecule has 0 fully saturated rings. The second-order valence-corrected chi connectivity index (χ2v) is 4.19. The minimum Gasteiger partial charge on any atom is -0.352 e. The molecular weight excluding hydrogens is 238 g/mol. The molecule has 1 rings (SSSR count). The zero-order chi connectivity index (χ0) is 13.5. The van der Waals surface area contributed by atoms with E-state index in [1.165, 1.54) is 0 Å². The van der Waals surface area contributed by atoms with Gasteiger partial charge < -0.3 is 11.1 Å². The van der Waals surface area contributed by atoms with E-state index in [1.807, 2.05) is 6.92 Å². The van der Waals surface area contributed by atoms with Crippen molar-refractivity contribution in [3.8, 4) is 0 Å². The van der Waals surface area contributed by atoms with Gasteiger partial charge in [0.05, 0.1) is 5.56 Å². The van der Waals surface area contributed by atoms with Crippen LogP contribution in [0, 0.1) is 17.6 Å². The number of carbonyl (C=O) groups is 1. The first-order chi connectivity index (χ1) is 8.58. The van der Waals surface area contributed by atoms with E-state index < -0.39 is 17.5 Å². The number of carbonyl (C=O) groups excluding carboxylic acids is 1. The maximum absolute atomic E-state index is 13.3. The molecule has 0 saturated carbocycles. The lowest BCUT2D eigenvalue weighted by atomic mass is 10.0. The molecule has 1 unspecified atom stereocenters. The van der Waals surface area contributed by atoms with Gasteiger partial charge in [0.1, 0.15) is 11.6 Å². The first-order valence-electron chi connectivity index (χ1n) is 6.01. The fourth-order valence-electron chi connectivity index (χ4n) is 1.69. The Labute approximate surface area is 105 Å². The third-order valence-corrected chi connectivity index (χ3v) is 2.88. The molecule has 0 aliphatic rings. The molecule has 3 N–H and O–H groups in total. The normalized spacial score (nSPS) is 12.2. The molecule has 1 aromatic rings. The Morgan fingerprint density at radius 3 is 2.78 bits per heavy atom. The third-order valence-electron chi connectivity index (χ3n) is 2.88. The van der Waals surface area contributed by atoms with Crippen LogP contribution in [0.1, 0.15) is 30.1 Å². The number of amides is 1. The molecule has 0 aromatic heterocycles. The highest BCUT2D eigenvalue weighted by Gasteiger charge is 2.14. The Kier molecular flexibility index (Phi) is 5.71. The molecule has 0 saturated heterocycles. The van der Waals surface area contributed by atoms with E-state index in [2.05, 4.69) is 5.32 Å². The molecule has 0 radical (unpaired) electrons. The van der Waals surface area contributed by atoms with Crippen LogP contribution in [0.5, 0.6) is 0 Å². The first-order valence-corrected chi connectivity index (χ1v) is 6.01. The van der Waals surface area contributed by atoms with Gasteiger partial charge in [-0.15, -0.1) is 0 Å². The minimum atomic E-state index is -0.722.